The smallest absolute Gasteiger partial charge is 0.258 e. The molecule has 5 heteroatoms. The van der Waals surface area contributed by atoms with Gasteiger partial charge in [0.15, 0.2) is 6.61 Å². The molecule has 0 aliphatic heterocycles. The van der Waals surface area contributed by atoms with Crippen molar-refractivity contribution in [2.24, 2.45) is 0 Å². The van der Waals surface area contributed by atoms with Crippen LogP contribution in [0.5, 0.6) is 5.75 Å². The number of nitrogens with one attached hydrogen (secondary N) is 1. The number of benzene rings is 2. The average Bonchev–Trinajstić information content (AvgIpc) is 3.10. The minimum Gasteiger partial charge on any atom is -0.484 e. The minimum absolute atomic E-state index is 0.0291. The molecule has 3 rings (SSSR count). The van der Waals surface area contributed by atoms with Crippen LogP contribution in [-0.2, 0) is 10.4 Å². The second kappa shape index (κ2) is 7.84. The molecule has 1 unspecified atom stereocenters. The van der Waals surface area contributed by atoms with E-state index in [0.717, 1.165) is 5.39 Å². The van der Waals surface area contributed by atoms with Gasteiger partial charge in [-0.15, -0.1) is 0 Å². The Morgan fingerprint density at radius 3 is 2.56 bits per heavy atom. The largest absolute Gasteiger partial charge is 0.484 e. The van der Waals surface area contributed by atoms with Crippen molar-refractivity contribution in [2.45, 2.75) is 32.3 Å². The summed E-state index contributed by atoms with van der Waals surface area (Å²) in [5.41, 5.74) is 0.606. The van der Waals surface area contributed by atoms with Gasteiger partial charge in [-0.25, -0.2) is 0 Å². The monoisotopic (exact) mass is 367 g/mol. The lowest BCUT2D eigenvalue weighted by molar-refractivity contribution is -0.124. The maximum Gasteiger partial charge on any atom is 0.258 e. The van der Waals surface area contributed by atoms with Crippen LogP contribution in [0.3, 0.4) is 0 Å². The first-order chi connectivity index (χ1) is 12.8. The molecule has 2 aromatic carbocycles. The van der Waals surface area contributed by atoms with E-state index >= 15 is 0 Å². The minimum atomic E-state index is -1.31. The molecule has 0 aliphatic rings. The van der Waals surface area contributed by atoms with E-state index in [1.165, 1.54) is 5.56 Å². The summed E-state index contributed by atoms with van der Waals surface area (Å²) in [6.07, 6.45) is 0. The Bertz CT molecular complexity index is 876. The van der Waals surface area contributed by atoms with E-state index < -0.39 is 5.60 Å². The number of furan rings is 1. The summed E-state index contributed by atoms with van der Waals surface area (Å²) in [6.45, 7) is 5.77. The van der Waals surface area contributed by atoms with E-state index in [1.807, 2.05) is 48.5 Å². The molecule has 5 nitrogen and oxygen atoms in total. The van der Waals surface area contributed by atoms with Crippen LogP contribution in [0.15, 0.2) is 59.0 Å². The van der Waals surface area contributed by atoms with Crippen molar-refractivity contribution >= 4 is 16.9 Å². The second-order valence-electron chi connectivity index (χ2n) is 7.21. The Morgan fingerprint density at radius 1 is 1.19 bits per heavy atom. The van der Waals surface area contributed by atoms with Crippen molar-refractivity contribution < 1.29 is 19.1 Å². The highest BCUT2D eigenvalue weighted by Crippen LogP contribution is 2.27. The van der Waals surface area contributed by atoms with Gasteiger partial charge >= 0.3 is 0 Å². The number of carbonyl (C=O) groups excluding carboxylic acids is 1. The lowest BCUT2D eigenvalue weighted by atomic mass is 10.0. The van der Waals surface area contributed by atoms with Gasteiger partial charge in [0.2, 0.25) is 0 Å². The van der Waals surface area contributed by atoms with Crippen LogP contribution in [0, 0.1) is 0 Å². The maximum absolute atomic E-state index is 12.1. The molecule has 142 valence electrons. The van der Waals surface area contributed by atoms with Crippen LogP contribution in [0.4, 0.5) is 0 Å². The van der Waals surface area contributed by atoms with Crippen LogP contribution < -0.4 is 10.1 Å². The molecule has 1 atom stereocenters. The van der Waals surface area contributed by atoms with Gasteiger partial charge in [0.05, 0.1) is 6.54 Å². The molecule has 3 aromatic rings. The Morgan fingerprint density at radius 2 is 1.89 bits per heavy atom. The van der Waals surface area contributed by atoms with Crippen molar-refractivity contribution in [3.8, 4) is 5.75 Å². The fourth-order valence-corrected chi connectivity index (χ4v) is 2.75. The maximum atomic E-state index is 12.1. The van der Waals surface area contributed by atoms with Crippen LogP contribution in [0.2, 0.25) is 0 Å². The first-order valence-corrected chi connectivity index (χ1v) is 9.06. The summed E-state index contributed by atoms with van der Waals surface area (Å²) < 4.78 is 11.2. The molecule has 0 saturated heterocycles. The summed E-state index contributed by atoms with van der Waals surface area (Å²) in [5, 5.41) is 14.3. The fraction of sp³-hybridized carbons (Fsp3) is 0.318. The summed E-state index contributed by atoms with van der Waals surface area (Å²) in [7, 11) is 0. The third-order valence-corrected chi connectivity index (χ3v) is 4.50. The van der Waals surface area contributed by atoms with E-state index in [2.05, 4.69) is 19.2 Å². The lowest BCUT2D eigenvalue weighted by Crippen LogP contribution is -2.40. The van der Waals surface area contributed by atoms with E-state index in [1.54, 1.807) is 13.0 Å². The number of rotatable bonds is 7. The molecule has 0 radical (unpaired) electrons. The van der Waals surface area contributed by atoms with Gasteiger partial charge in [0.25, 0.3) is 5.91 Å². The molecule has 0 aliphatic carbocycles. The highest BCUT2D eigenvalue weighted by molar-refractivity contribution is 5.78. The summed E-state index contributed by atoms with van der Waals surface area (Å²) in [4.78, 5) is 12.1. The average molecular weight is 367 g/mol. The zero-order valence-electron chi connectivity index (χ0n) is 15.9. The quantitative estimate of drug-likeness (QED) is 0.663. The highest BCUT2D eigenvalue weighted by Gasteiger charge is 2.28. The van der Waals surface area contributed by atoms with Crippen molar-refractivity contribution in [3.05, 3.63) is 65.9 Å². The molecule has 0 saturated carbocycles. The third-order valence-electron chi connectivity index (χ3n) is 4.50. The van der Waals surface area contributed by atoms with Crippen molar-refractivity contribution in [3.63, 3.8) is 0 Å². The van der Waals surface area contributed by atoms with Gasteiger partial charge in [-0.1, -0.05) is 44.2 Å². The van der Waals surface area contributed by atoms with Crippen molar-refractivity contribution in [1.82, 2.24) is 5.32 Å². The Kier molecular flexibility index (Phi) is 5.51. The standard InChI is InChI=1S/C22H25NO4/c1-15(2)16-8-10-18(11-9-16)26-13-21(24)23-14-22(3,25)20-12-17-6-4-5-7-19(17)27-20/h4-12,15,25H,13-14H2,1-3H3,(H,23,24). The molecule has 0 fully saturated rings. The first kappa shape index (κ1) is 19.0. The molecule has 1 amide bonds. The molecule has 0 spiro atoms. The summed E-state index contributed by atoms with van der Waals surface area (Å²) in [5.74, 6) is 1.19. The summed E-state index contributed by atoms with van der Waals surface area (Å²) >= 11 is 0. The number of carbonyl (C=O) groups is 1. The number of para-hydroxylation sites is 1. The van der Waals surface area contributed by atoms with Crippen LogP contribution in [0.1, 0.15) is 38.0 Å². The Labute approximate surface area is 159 Å². The number of hydrogen-bond acceptors (Lipinski definition) is 4. The molecule has 1 heterocycles. The zero-order valence-corrected chi connectivity index (χ0v) is 15.9. The number of aliphatic hydroxyl groups is 1. The third kappa shape index (κ3) is 4.68. The SMILES string of the molecule is CC(C)c1ccc(OCC(=O)NCC(C)(O)c2cc3ccccc3o2)cc1. The molecule has 0 bridgehead atoms. The van der Waals surface area contributed by atoms with E-state index in [0.29, 0.717) is 23.0 Å². The Balaban J connectivity index is 1.53. The van der Waals surface area contributed by atoms with E-state index in [4.69, 9.17) is 9.15 Å². The van der Waals surface area contributed by atoms with Crippen molar-refractivity contribution in [1.29, 1.82) is 0 Å². The fourth-order valence-electron chi connectivity index (χ4n) is 2.75. The van der Waals surface area contributed by atoms with Gasteiger partial charge in [-0.05, 0) is 42.7 Å². The lowest BCUT2D eigenvalue weighted by Gasteiger charge is -2.21. The van der Waals surface area contributed by atoms with Crippen LogP contribution in [-0.4, -0.2) is 24.2 Å². The second-order valence-corrected chi connectivity index (χ2v) is 7.21. The molecular formula is C22H25NO4. The van der Waals surface area contributed by atoms with Crippen LogP contribution >= 0.6 is 0 Å². The number of ether oxygens (including phenoxy) is 1. The van der Waals surface area contributed by atoms with Gasteiger partial charge < -0.3 is 19.6 Å². The Hall–Kier alpha value is -2.79. The van der Waals surface area contributed by atoms with Gasteiger partial charge in [0, 0.05) is 5.39 Å². The molecule has 2 N–H and O–H groups in total. The van der Waals surface area contributed by atoms with E-state index in [-0.39, 0.29) is 19.1 Å². The first-order valence-electron chi connectivity index (χ1n) is 9.06. The predicted molar refractivity (Wildman–Crippen MR) is 105 cm³/mol. The van der Waals surface area contributed by atoms with Crippen molar-refractivity contribution in [2.75, 3.05) is 13.2 Å². The highest BCUT2D eigenvalue weighted by atomic mass is 16.5. The molecule has 1 aromatic heterocycles. The van der Waals surface area contributed by atoms with Gasteiger partial charge in [-0.3, -0.25) is 4.79 Å². The van der Waals surface area contributed by atoms with E-state index in [9.17, 15) is 9.90 Å². The molecule has 27 heavy (non-hydrogen) atoms. The number of fused-ring (bicyclic) bond motifs is 1. The topological polar surface area (TPSA) is 71.7 Å². The zero-order chi connectivity index (χ0) is 19.4. The van der Waals surface area contributed by atoms with Gasteiger partial charge in [0.1, 0.15) is 22.7 Å². The van der Waals surface area contributed by atoms with Gasteiger partial charge in [-0.2, -0.15) is 0 Å². The molecular weight excluding hydrogens is 342 g/mol. The number of amides is 1. The number of hydrogen-bond donors (Lipinski definition) is 2. The predicted octanol–water partition coefficient (Wildman–Crippen LogP) is 3.96. The summed E-state index contributed by atoms with van der Waals surface area (Å²) in [6, 6.07) is 17.0. The normalized spacial score (nSPS) is 13.5. The van der Waals surface area contributed by atoms with Crippen LogP contribution in [0.25, 0.3) is 11.0 Å².